The molecule has 1 saturated heterocycles. The molecule has 1 amide bonds. The normalized spacial score (nSPS) is 23.5. The summed E-state index contributed by atoms with van der Waals surface area (Å²) in [7, 11) is 0. The highest BCUT2D eigenvalue weighted by molar-refractivity contribution is 5.85. The van der Waals surface area contributed by atoms with Crippen LogP contribution in [0.2, 0.25) is 0 Å². The zero-order chi connectivity index (χ0) is 17.6. The van der Waals surface area contributed by atoms with Gasteiger partial charge in [-0.15, -0.1) is 12.4 Å². The van der Waals surface area contributed by atoms with Crippen LogP contribution in [0.25, 0.3) is 0 Å². The average Bonchev–Trinajstić information content (AvgIpc) is 2.66. The molecule has 3 atom stereocenters. The quantitative estimate of drug-likeness (QED) is 0.803. The predicted octanol–water partition coefficient (Wildman–Crippen LogP) is 4.23. The number of rotatable bonds is 6. The molecule has 26 heavy (non-hydrogen) atoms. The first-order valence-corrected chi connectivity index (χ1v) is 10.3. The van der Waals surface area contributed by atoms with Crippen molar-refractivity contribution in [2.24, 2.45) is 11.8 Å². The van der Waals surface area contributed by atoms with E-state index in [0.29, 0.717) is 30.2 Å². The summed E-state index contributed by atoms with van der Waals surface area (Å²) in [6, 6.07) is 9.14. The van der Waals surface area contributed by atoms with Crippen molar-refractivity contribution in [3.8, 4) is 0 Å². The molecule has 0 aromatic heterocycles. The summed E-state index contributed by atoms with van der Waals surface area (Å²) >= 11 is 0. The zero-order valence-electron chi connectivity index (χ0n) is 16.4. The fourth-order valence-electron chi connectivity index (χ4n) is 4.62. The van der Waals surface area contributed by atoms with Crippen molar-refractivity contribution in [3.63, 3.8) is 0 Å². The molecule has 3 unspecified atom stereocenters. The molecule has 0 spiro atoms. The van der Waals surface area contributed by atoms with Gasteiger partial charge in [0.05, 0.1) is 0 Å². The molecule has 146 valence electrons. The smallest absolute Gasteiger partial charge is 0.223 e. The molecule has 1 aromatic carbocycles. The standard InChI is InChI=1S/C22H34N2O.ClH/c1-3-13-24(21-11-10-18-7-4-5-8-19(18)15-21)22(25)14-17(2)20-9-6-12-23-16-20;/h4-5,7-8,17,20-21,23H,3,6,9-16H2,1-2H3;1H. The Hall–Kier alpha value is -1.06. The SMILES string of the molecule is CCCN(C(=O)CC(C)C1CCCNC1)C1CCc2ccccc2C1.Cl. The van der Waals surface area contributed by atoms with Crippen LogP contribution < -0.4 is 5.32 Å². The van der Waals surface area contributed by atoms with Gasteiger partial charge < -0.3 is 10.2 Å². The van der Waals surface area contributed by atoms with Gasteiger partial charge in [0.1, 0.15) is 0 Å². The maximum Gasteiger partial charge on any atom is 0.223 e. The predicted molar refractivity (Wildman–Crippen MR) is 111 cm³/mol. The number of hydrogen-bond acceptors (Lipinski definition) is 2. The largest absolute Gasteiger partial charge is 0.339 e. The second kappa shape index (κ2) is 10.3. The van der Waals surface area contributed by atoms with Crippen molar-refractivity contribution in [1.82, 2.24) is 10.2 Å². The van der Waals surface area contributed by atoms with Gasteiger partial charge in [-0.1, -0.05) is 38.1 Å². The fourth-order valence-corrected chi connectivity index (χ4v) is 4.62. The van der Waals surface area contributed by atoms with Crippen LogP contribution in [0.1, 0.15) is 57.1 Å². The molecule has 1 heterocycles. The first-order valence-electron chi connectivity index (χ1n) is 10.3. The zero-order valence-corrected chi connectivity index (χ0v) is 17.2. The minimum atomic E-state index is 0. The summed E-state index contributed by atoms with van der Waals surface area (Å²) in [4.78, 5) is 15.3. The molecule has 1 aliphatic carbocycles. The van der Waals surface area contributed by atoms with E-state index in [0.717, 1.165) is 45.3 Å². The number of carbonyl (C=O) groups is 1. The minimum absolute atomic E-state index is 0. The lowest BCUT2D eigenvalue weighted by molar-refractivity contribution is -0.135. The molecule has 2 aliphatic rings. The van der Waals surface area contributed by atoms with E-state index in [1.165, 1.54) is 24.0 Å². The van der Waals surface area contributed by atoms with E-state index in [9.17, 15) is 4.79 Å². The van der Waals surface area contributed by atoms with Gasteiger partial charge in [0, 0.05) is 19.0 Å². The van der Waals surface area contributed by atoms with Crippen molar-refractivity contribution in [1.29, 1.82) is 0 Å². The third-order valence-electron chi connectivity index (χ3n) is 6.18. The maximum atomic E-state index is 13.1. The summed E-state index contributed by atoms with van der Waals surface area (Å²) in [5.41, 5.74) is 2.92. The highest BCUT2D eigenvalue weighted by atomic mass is 35.5. The van der Waals surface area contributed by atoms with Crippen molar-refractivity contribution in [2.75, 3.05) is 19.6 Å². The van der Waals surface area contributed by atoms with Gasteiger partial charge in [-0.3, -0.25) is 4.79 Å². The first kappa shape index (κ1) is 21.2. The van der Waals surface area contributed by atoms with Gasteiger partial charge in [0.25, 0.3) is 0 Å². The van der Waals surface area contributed by atoms with Gasteiger partial charge >= 0.3 is 0 Å². The lowest BCUT2D eigenvalue weighted by atomic mass is 9.84. The third-order valence-corrected chi connectivity index (χ3v) is 6.18. The molecule has 1 aromatic rings. The van der Waals surface area contributed by atoms with Crippen LogP contribution in [0, 0.1) is 11.8 Å². The molecule has 0 bridgehead atoms. The second-order valence-corrected chi connectivity index (χ2v) is 8.04. The lowest BCUT2D eigenvalue weighted by Gasteiger charge is -2.37. The Bertz CT molecular complexity index is 571. The Morgan fingerprint density at radius 3 is 2.73 bits per heavy atom. The Labute approximate surface area is 165 Å². The van der Waals surface area contributed by atoms with Crippen molar-refractivity contribution < 1.29 is 4.79 Å². The van der Waals surface area contributed by atoms with Gasteiger partial charge in [-0.2, -0.15) is 0 Å². The Morgan fingerprint density at radius 2 is 2.04 bits per heavy atom. The number of amides is 1. The molecule has 1 fully saturated rings. The molecule has 0 saturated carbocycles. The molecule has 3 nitrogen and oxygen atoms in total. The number of hydrogen-bond donors (Lipinski definition) is 1. The van der Waals surface area contributed by atoms with E-state index in [2.05, 4.69) is 48.3 Å². The lowest BCUT2D eigenvalue weighted by Crippen LogP contribution is -2.45. The van der Waals surface area contributed by atoms with Crippen LogP contribution in [-0.4, -0.2) is 36.5 Å². The monoisotopic (exact) mass is 378 g/mol. The number of benzene rings is 1. The number of fused-ring (bicyclic) bond motifs is 1. The summed E-state index contributed by atoms with van der Waals surface area (Å²) in [6.45, 7) is 7.59. The fraction of sp³-hybridized carbons (Fsp3) is 0.682. The van der Waals surface area contributed by atoms with Crippen LogP contribution in [0.3, 0.4) is 0 Å². The number of nitrogens with one attached hydrogen (secondary N) is 1. The molecule has 1 N–H and O–H groups in total. The van der Waals surface area contributed by atoms with E-state index in [1.807, 2.05) is 0 Å². The minimum Gasteiger partial charge on any atom is -0.339 e. The topological polar surface area (TPSA) is 32.3 Å². The molecule has 0 radical (unpaired) electrons. The number of carbonyl (C=O) groups excluding carboxylic acids is 1. The van der Waals surface area contributed by atoms with E-state index in [-0.39, 0.29) is 12.4 Å². The van der Waals surface area contributed by atoms with E-state index < -0.39 is 0 Å². The second-order valence-electron chi connectivity index (χ2n) is 8.04. The molecule has 1 aliphatic heterocycles. The van der Waals surface area contributed by atoms with Gasteiger partial charge in [0.2, 0.25) is 5.91 Å². The van der Waals surface area contributed by atoms with Crippen LogP contribution in [0.5, 0.6) is 0 Å². The summed E-state index contributed by atoms with van der Waals surface area (Å²) in [6.07, 6.45) is 7.53. The molecular formula is C22H35ClN2O. The third kappa shape index (κ3) is 5.23. The highest BCUT2D eigenvalue weighted by Gasteiger charge is 2.29. The Balaban J connectivity index is 0.00000243. The number of aryl methyl sites for hydroxylation is 1. The Kier molecular flexibility index (Phi) is 8.43. The van der Waals surface area contributed by atoms with E-state index in [4.69, 9.17) is 0 Å². The number of piperidine rings is 1. The number of halogens is 1. The average molecular weight is 379 g/mol. The molecular weight excluding hydrogens is 344 g/mol. The van der Waals surface area contributed by atoms with E-state index in [1.54, 1.807) is 0 Å². The van der Waals surface area contributed by atoms with Crippen LogP contribution in [-0.2, 0) is 17.6 Å². The summed E-state index contributed by atoms with van der Waals surface area (Å²) < 4.78 is 0. The summed E-state index contributed by atoms with van der Waals surface area (Å²) in [5, 5.41) is 3.49. The first-order chi connectivity index (χ1) is 12.2. The number of nitrogens with zero attached hydrogens (tertiary/aromatic N) is 1. The molecule has 3 rings (SSSR count). The van der Waals surface area contributed by atoms with Gasteiger partial charge in [-0.25, -0.2) is 0 Å². The van der Waals surface area contributed by atoms with Gasteiger partial charge in [-0.05, 0) is 74.6 Å². The van der Waals surface area contributed by atoms with Crippen molar-refractivity contribution in [2.45, 2.75) is 64.8 Å². The molecule has 4 heteroatoms. The van der Waals surface area contributed by atoms with E-state index >= 15 is 0 Å². The highest BCUT2D eigenvalue weighted by Crippen LogP contribution is 2.27. The van der Waals surface area contributed by atoms with Gasteiger partial charge in [0.15, 0.2) is 0 Å². The van der Waals surface area contributed by atoms with Crippen LogP contribution >= 0.6 is 12.4 Å². The van der Waals surface area contributed by atoms with Crippen molar-refractivity contribution >= 4 is 18.3 Å². The Morgan fingerprint density at radius 1 is 1.27 bits per heavy atom. The van der Waals surface area contributed by atoms with Crippen LogP contribution in [0.4, 0.5) is 0 Å². The maximum absolute atomic E-state index is 13.1. The summed E-state index contributed by atoms with van der Waals surface area (Å²) in [5.74, 6) is 1.52. The van der Waals surface area contributed by atoms with Crippen molar-refractivity contribution in [3.05, 3.63) is 35.4 Å². The van der Waals surface area contributed by atoms with Crippen LogP contribution in [0.15, 0.2) is 24.3 Å².